The predicted octanol–water partition coefficient (Wildman–Crippen LogP) is 2.45. The van der Waals surface area contributed by atoms with E-state index in [4.69, 9.17) is 9.84 Å². The lowest BCUT2D eigenvalue weighted by molar-refractivity contribution is 0.0695. The van der Waals surface area contributed by atoms with E-state index >= 15 is 0 Å². The summed E-state index contributed by atoms with van der Waals surface area (Å²) in [6.45, 7) is 4.40. The number of benzene rings is 1. The van der Waals surface area contributed by atoms with E-state index in [2.05, 4.69) is 4.98 Å². The van der Waals surface area contributed by atoms with Crippen molar-refractivity contribution < 1.29 is 14.6 Å². The lowest BCUT2D eigenvalue weighted by atomic mass is 10.0. The number of carboxylic acid groups (broad SMARTS) is 1. The first-order chi connectivity index (χ1) is 9.52. The summed E-state index contributed by atoms with van der Waals surface area (Å²) < 4.78 is 5.41. The molecule has 0 amide bonds. The minimum atomic E-state index is -1.24. The van der Waals surface area contributed by atoms with Gasteiger partial charge in [-0.3, -0.25) is 4.79 Å². The predicted molar refractivity (Wildman–Crippen MR) is 75.4 cm³/mol. The van der Waals surface area contributed by atoms with Crippen LogP contribution in [0.5, 0.6) is 5.75 Å². The zero-order chi connectivity index (χ0) is 14.7. The number of H-pyrrole nitrogens is 1. The fourth-order valence-corrected chi connectivity index (χ4v) is 2.01. The van der Waals surface area contributed by atoms with Crippen molar-refractivity contribution in [3.05, 3.63) is 51.9 Å². The molecule has 0 radical (unpaired) electrons. The number of rotatable bonds is 4. The van der Waals surface area contributed by atoms with Gasteiger partial charge in [-0.05, 0) is 48.7 Å². The Morgan fingerprint density at radius 1 is 1.35 bits per heavy atom. The van der Waals surface area contributed by atoms with Crippen molar-refractivity contribution in [3.8, 4) is 16.9 Å². The Morgan fingerprint density at radius 2 is 2.10 bits per heavy atom. The average molecular weight is 273 g/mol. The number of carbonyl (C=O) groups is 1. The van der Waals surface area contributed by atoms with Gasteiger partial charge in [-0.2, -0.15) is 0 Å². The third-order valence-electron chi connectivity index (χ3n) is 2.95. The summed E-state index contributed by atoms with van der Waals surface area (Å²) in [6, 6.07) is 6.92. The molecule has 0 bridgehead atoms. The van der Waals surface area contributed by atoms with Gasteiger partial charge < -0.3 is 14.8 Å². The Kier molecular flexibility index (Phi) is 3.89. The Bertz CT molecular complexity index is 703. The molecule has 2 aromatic rings. The summed E-state index contributed by atoms with van der Waals surface area (Å²) in [6.07, 6.45) is 1.51. The van der Waals surface area contributed by atoms with Crippen molar-refractivity contribution in [2.75, 3.05) is 6.61 Å². The molecule has 0 unspecified atom stereocenters. The maximum absolute atomic E-state index is 11.4. The molecule has 5 heteroatoms. The number of hydrogen-bond donors (Lipinski definition) is 2. The second-order valence-electron chi connectivity index (χ2n) is 4.35. The summed E-state index contributed by atoms with van der Waals surface area (Å²) in [7, 11) is 0. The minimum Gasteiger partial charge on any atom is -0.494 e. The largest absolute Gasteiger partial charge is 0.494 e. The van der Waals surface area contributed by atoms with E-state index in [1.54, 1.807) is 0 Å². The lowest BCUT2D eigenvalue weighted by Gasteiger charge is -2.09. The molecule has 0 aliphatic carbocycles. The highest BCUT2D eigenvalue weighted by molar-refractivity contribution is 5.89. The monoisotopic (exact) mass is 273 g/mol. The van der Waals surface area contributed by atoms with E-state index in [9.17, 15) is 9.59 Å². The Labute approximate surface area is 115 Å². The second kappa shape index (κ2) is 5.61. The summed E-state index contributed by atoms with van der Waals surface area (Å²) in [5.41, 5.74) is 1.58. The second-order valence-corrected chi connectivity index (χ2v) is 4.35. The molecule has 0 aliphatic heterocycles. The highest BCUT2D eigenvalue weighted by atomic mass is 16.5. The number of aryl methyl sites for hydroxylation is 1. The van der Waals surface area contributed by atoms with Gasteiger partial charge in [0.1, 0.15) is 11.3 Å². The molecule has 20 heavy (non-hydrogen) atoms. The van der Waals surface area contributed by atoms with E-state index < -0.39 is 11.5 Å². The standard InChI is InChI=1S/C15H15NO4/c1-3-20-11-4-5-12(9(2)6-11)10-7-13(15(18)19)14(17)16-8-10/h4-8H,3H2,1-2H3,(H,16,17)(H,18,19). The van der Waals surface area contributed by atoms with Crippen LogP contribution in [0.25, 0.3) is 11.1 Å². The number of hydrogen-bond acceptors (Lipinski definition) is 3. The van der Waals surface area contributed by atoms with Crippen LogP contribution in [0.2, 0.25) is 0 Å². The smallest absolute Gasteiger partial charge is 0.341 e. The molecular weight excluding hydrogens is 258 g/mol. The summed E-state index contributed by atoms with van der Waals surface area (Å²) in [4.78, 5) is 24.8. The maximum Gasteiger partial charge on any atom is 0.341 e. The molecule has 0 saturated heterocycles. The van der Waals surface area contributed by atoms with Crippen molar-refractivity contribution in [2.24, 2.45) is 0 Å². The van der Waals surface area contributed by atoms with Gasteiger partial charge >= 0.3 is 5.97 Å². The van der Waals surface area contributed by atoms with Crippen LogP contribution in [-0.4, -0.2) is 22.7 Å². The average Bonchev–Trinajstić information content (AvgIpc) is 2.40. The molecule has 1 heterocycles. The van der Waals surface area contributed by atoms with Gasteiger partial charge in [0, 0.05) is 6.20 Å². The van der Waals surface area contributed by atoms with Gasteiger partial charge in [-0.25, -0.2) is 4.79 Å². The van der Waals surface area contributed by atoms with Crippen LogP contribution >= 0.6 is 0 Å². The van der Waals surface area contributed by atoms with Crippen LogP contribution in [0.1, 0.15) is 22.8 Å². The topological polar surface area (TPSA) is 79.4 Å². The number of carboxylic acids is 1. The van der Waals surface area contributed by atoms with E-state index in [0.29, 0.717) is 12.2 Å². The first-order valence-corrected chi connectivity index (χ1v) is 6.22. The molecule has 1 aromatic carbocycles. The minimum absolute atomic E-state index is 0.268. The number of pyridine rings is 1. The SMILES string of the molecule is CCOc1ccc(-c2c[nH]c(=O)c(C(=O)O)c2)c(C)c1. The molecule has 1 aromatic heterocycles. The molecule has 2 N–H and O–H groups in total. The van der Waals surface area contributed by atoms with Crippen LogP contribution in [0.3, 0.4) is 0 Å². The summed E-state index contributed by atoms with van der Waals surface area (Å²) in [5, 5.41) is 8.98. The molecule has 0 spiro atoms. The van der Waals surface area contributed by atoms with Crippen molar-refractivity contribution in [1.82, 2.24) is 4.98 Å². The zero-order valence-corrected chi connectivity index (χ0v) is 11.3. The normalized spacial score (nSPS) is 10.3. The van der Waals surface area contributed by atoms with E-state index in [0.717, 1.165) is 16.9 Å². The van der Waals surface area contributed by atoms with Gasteiger partial charge in [0.05, 0.1) is 6.61 Å². The fraction of sp³-hybridized carbons (Fsp3) is 0.200. The van der Waals surface area contributed by atoms with E-state index in [-0.39, 0.29) is 5.56 Å². The van der Waals surface area contributed by atoms with Crippen LogP contribution < -0.4 is 10.3 Å². The summed E-state index contributed by atoms with van der Waals surface area (Å²) >= 11 is 0. The number of aromatic carboxylic acids is 1. The Morgan fingerprint density at radius 3 is 2.70 bits per heavy atom. The lowest BCUT2D eigenvalue weighted by Crippen LogP contribution is -2.16. The number of aromatic amines is 1. The van der Waals surface area contributed by atoms with Crippen LogP contribution in [-0.2, 0) is 0 Å². The van der Waals surface area contributed by atoms with Crippen LogP contribution in [0, 0.1) is 6.92 Å². The Hall–Kier alpha value is -2.56. The molecule has 0 saturated carbocycles. The zero-order valence-electron chi connectivity index (χ0n) is 11.3. The number of nitrogens with one attached hydrogen (secondary N) is 1. The van der Waals surface area contributed by atoms with Crippen LogP contribution in [0.15, 0.2) is 35.3 Å². The molecular formula is C15H15NO4. The van der Waals surface area contributed by atoms with Gasteiger partial charge in [-0.1, -0.05) is 6.07 Å². The molecule has 2 rings (SSSR count). The van der Waals surface area contributed by atoms with Gasteiger partial charge in [0.15, 0.2) is 0 Å². The Balaban J connectivity index is 2.49. The maximum atomic E-state index is 11.4. The molecule has 0 aliphatic rings. The van der Waals surface area contributed by atoms with Crippen molar-refractivity contribution in [1.29, 1.82) is 0 Å². The van der Waals surface area contributed by atoms with Gasteiger partial charge in [0.2, 0.25) is 0 Å². The van der Waals surface area contributed by atoms with Crippen molar-refractivity contribution >= 4 is 5.97 Å². The molecule has 5 nitrogen and oxygen atoms in total. The van der Waals surface area contributed by atoms with E-state index in [1.807, 2.05) is 32.0 Å². The number of ether oxygens (including phenoxy) is 1. The van der Waals surface area contributed by atoms with Crippen molar-refractivity contribution in [3.63, 3.8) is 0 Å². The highest BCUT2D eigenvalue weighted by Crippen LogP contribution is 2.26. The van der Waals surface area contributed by atoms with Gasteiger partial charge in [0.25, 0.3) is 5.56 Å². The highest BCUT2D eigenvalue weighted by Gasteiger charge is 2.11. The molecule has 104 valence electrons. The third kappa shape index (κ3) is 2.71. The first-order valence-electron chi connectivity index (χ1n) is 6.22. The number of aromatic nitrogens is 1. The van der Waals surface area contributed by atoms with Crippen molar-refractivity contribution in [2.45, 2.75) is 13.8 Å². The van der Waals surface area contributed by atoms with E-state index in [1.165, 1.54) is 12.3 Å². The van der Waals surface area contributed by atoms with Gasteiger partial charge in [-0.15, -0.1) is 0 Å². The fourth-order valence-electron chi connectivity index (χ4n) is 2.01. The summed E-state index contributed by atoms with van der Waals surface area (Å²) in [5.74, 6) is -0.478. The quantitative estimate of drug-likeness (QED) is 0.896. The third-order valence-corrected chi connectivity index (χ3v) is 2.95. The molecule has 0 fully saturated rings. The molecule has 0 atom stereocenters. The first kappa shape index (κ1) is 13.9. The van der Waals surface area contributed by atoms with Crippen LogP contribution in [0.4, 0.5) is 0 Å².